The second kappa shape index (κ2) is 8.07. The van der Waals surface area contributed by atoms with E-state index in [-0.39, 0.29) is 0 Å². The zero-order valence-electron chi connectivity index (χ0n) is 13.0. The lowest BCUT2D eigenvalue weighted by atomic mass is 9.86. The summed E-state index contributed by atoms with van der Waals surface area (Å²) < 4.78 is 0. The van der Waals surface area contributed by atoms with Crippen molar-refractivity contribution in [3.8, 4) is 0 Å². The maximum absolute atomic E-state index is 6.46. The van der Waals surface area contributed by atoms with Gasteiger partial charge in [-0.1, -0.05) is 83.3 Å². The molecule has 121 valence electrons. The molecule has 0 fully saturated rings. The van der Waals surface area contributed by atoms with Gasteiger partial charge in [0.2, 0.25) is 0 Å². The SMILES string of the molecule is Clc1ccc(C[C](Cc2ccccc2)c2ccc(Cl)cc2Cl)cc1. The molecule has 0 saturated carbocycles. The van der Waals surface area contributed by atoms with Crippen LogP contribution in [0, 0.1) is 5.92 Å². The third-order valence-corrected chi connectivity index (χ3v) is 4.70. The number of halogens is 3. The third-order valence-electron chi connectivity index (χ3n) is 3.90. The molecular formula is C21H16Cl3. The first-order valence-corrected chi connectivity index (χ1v) is 8.84. The fourth-order valence-electron chi connectivity index (χ4n) is 2.72. The van der Waals surface area contributed by atoms with Crippen molar-refractivity contribution < 1.29 is 0 Å². The first-order valence-electron chi connectivity index (χ1n) is 7.70. The quantitative estimate of drug-likeness (QED) is 0.448. The molecule has 0 aliphatic carbocycles. The topological polar surface area (TPSA) is 0 Å². The lowest BCUT2D eigenvalue weighted by Crippen LogP contribution is -2.08. The maximum Gasteiger partial charge on any atom is 0.0459 e. The summed E-state index contributed by atoms with van der Waals surface area (Å²) in [5.41, 5.74) is 3.50. The van der Waals surface area contributed by atoms with Crippen LogP contribution >= 0.6 is 34.8 Å². The molecule has 1 radical (unpaired) electrons. The van der Waals surface area contributed by atoms with Crippen LogP contribution in [0.5, 0.6) is 0 Å². The lowest BCUT2D eigenvalue weighted by Gasteiger charge is -2.19. The summed E-state index contributed by atoms with van der Waals surface area (Å²) in [6.07, 6.45) is 1.65. The van der Waals surface area contributed by atoms with E-state index in [2.05, 4.69) is 36.4 Å². The second-order valence-corrected chi connectivity index (χ2v) is 6.97. The lowest BCUT2D eigenvalue weighted by molar-refractivity contribution is 0.898. The van der Waals surface area contributed by atoms with Crippen LogP contribution in [0.4, 0.5) is 0 Å². The highest BCUT2D eigenvalue weighted by molar-refractivity contribution is 6.35. The molecule has 3 aromatic rings. The van der Waals surface area contributed by atoms with Gasteiger partial charge < -0.3 is 0 Å². The molecule has 0 aromatic heterocycles. The summed E-state index contributed by atoms with van der Waals surface area (Å²) in [4.78, 5) is 0. The Hall–Kier alpha value is -1.47. The molecule has 3 rings (SSSR count). The van der Waals surface area contributed by atoms with Crippen LogP contribution in [0.15, 0.2) is 72.8 Å². The fraction of sp³-hybridized carbons (Fsp3) is 0.0952. The van der Waals surface area contributed by atoms with Gasteiger partial charge >= 0.3 is 0 Å². The largest absolute Gasteiger partial charge is 0.0843 e. The Bertz CT molecular complexity index is 795. The van der Waals surface area contributed by atoms with Crippen LogP contribution in [0.2, 0.25) is 15.1 Å². The Labute approximate surface area is 158 Å². The Kier molecular flexibility index (Phi) is 5.84. The van der Waals surface area contributed by atoms with Crippen molar-refractivity contribution in [2.45, 2.75) is 12.8 Å². The summed E-state index contributed by atoms with van der Waals surface area (Å²) in [5, 5.41) is 2.07. The normalized spacial score (nSPS) is 11.0. The molecule has 0 heterocycles. The minimum atomic E-state index is 0.648. The van der Waals surface area contributed by atoms with E-state index >= 15 is 0 Å². The first-order chi connectivity index (χ1) is 11.6. The number of rotatable bonds is 5. The Morgan fingerprint density at radius 2 is 1.21 bits per heavy atom. The molecule has 0 unspecified atom stereocenters. The van der Waals surface area contributed by atoms with E-state index < -0.39 is 0 Å². The molecule has 0 amide bonds. The van der Waals surface area contributed by atoms with Gasteiger partial charge in [-0.2, -0.15) is 0 Å². The summed E-state index contributed by atoms with van der Waals surface area (Å²) in [6.45, 7) is 0. The fourth-order valence-corrected chi connectivity index (χ4v) is 3.39. The van der Waals surface area contributed by atoms with Crippen LogP contribution in [-0.2, 0) is 12.8 Å². The average Bonchev–Trinajstić information content (AvgIpc) is 2.57. The van der Waals surface area contributed by atoms with Gasteiger partial charge in [0.05, 0.1) is 0 Å². The number of benzene rings is 3. The number of hydrogen-bond acceptors (Lipinski definition) is 0. The van der Waals surface area contributed by atoms with Gasteiger partial charge in [0.1, 0.15) is 0 Å². The highest BCUT2D eigenvalue weighted by atomic mass is 35.5. The van der Waals surface area contributed by atoms with Crippen LogP contribution in [0.3, 0.4) is 0 Å². The molecule has 0 aliphatic heterocycles. The molecule has 0 N–H and O–H groups in total. The predicted molar refractivity (Wildman–Crippen MR) is 104 cm³/mol. The molecular weight excluding hydrogens is 359 g/mol. The molecule has 0 atom stereocenters. The van der Waals surface area contributed by atoms with Crippen molar-refractivity contribution in [3.63, 3.8) is 0 Å². The first kappa shape index (κ1) is 17.4. The standard InChI is InChI=1S/C21H16Cl3/c22-18-8-6-16(7-9-18)13-17(12-15-4-2-1-3-5-15)20-11-10-19(23)14-21(20)24/h1-11,14H,12-13H2. The van der Waals surface area contributed by atoms with Gasteiger partial charge in [-0.3, -0.25) is 0 Å². The molecule has 24 heavy (non-hydrogen) atoms. The Morgan fingerprint density at radius 1 is 0.625 bits per heavy atom. The van der Waals surface area contributed by atoms with E-state index in [1.54, 1.807) is 6.07 Å². The van der Waals surface area contributed by atoms with Gasteiger partial charge in [-0.05, 0) is 53.8 Å². The molecule has 0 saturated heterocycles. The van der Waals surface area contributed by atoms with Crippen LogP contribution < -0.4 is 0 Å². The van der Waals surface area contributed by atoms with Crippen LogP contribution in [0.25, 0.3) is 0 Å². The summed E-state index contributed by atoms with van der Waals surface area (Å²) in [6, 6.07) is 24.0. The van der Waals surface area contributed by atoms with Crippen molar-refractivity contribution in [2.24, 2.45) is 0 Å². The van der Waals surface area contributed by atoms with Crippen LogP contribution in [-0.4, -0.2) is 0 Å². The minimum Gasteiger partial charge on any atom is -0.0843 e. The van der Waals surface area contributed by atoms with Crippen molar-refractivity contribution in [1.82, 2.24) is 0 Å². The maximum atomic E-state index is 6.46. The summed E-state index contributed by atoms with van der Waals surface area (Å²) in [5.74, 6) is 1.25. The van der Waals surface area contributed by atoms with Crippen molar-refractivity contribution in [1.29, 1.82) is 0 Å². The average molecular weight is 375 g/mol. The minimum absolute atomic E-state index is 0.648. The highest BCUT2D eigenvalue weighted by Gasteiger charge is 2.17. The Balaban J connectivity index is 1.92. The van der Waals surface area contributed by atoms with Gasteiger partial charge in [0.15, 0.2) is 0 Å². The van der Waals surface area contributed by atoms with E-state index in [0.29, 0.717) is 10.0 Å². The second-order valence-electron chi connectivity index (χ2n) is 5.69. The zero-order chi connectivity index (χ0) is 16.9. The van der Waals surface area contributed by atoms with Crippen molar-refractivity contribution in [2.75, 3.05) is 0 Å². The Morgan fingerprint density at radius 3 is 1.83 bits per heavy atom. The monoisotopic (exact) mass is 373 g/mol. The van der Waals surface area contributed by atoms with Crippen molar-refractivity contribution >= 4 is 34.8 Å². The highest BCUT2D eigenvalue weighted by Crippen LogP contribution is 2.32. The molecule has 0 bridgehead atoms. The van der Waals surface area contributed by atoms with E-state index in [0.717, 1.165) is 23.4 Å². The molecule has 0 nitrogen and oxygen atoms in total. The van der Waals surface area contributed by atoms with E-state index in [1.165, 1.54) is 17.0 Å². The summed E-state index contributed by atoms with van der Waals surface area (Å²) >= 11 is 18.5. The van der Waals surface area contributed by atoms with E-state index in [4.69, 9.17) is 34.8 Å². The molecule has 3 aromatic carbocycles. The predicted octanol–water partition coefficient (Wildman–Crippen LogP) is 7.05. The van der Waals surface area contributed by atoms with E-state index in [1.807, 2.05) is 30.3 Å². The number of hydrogen-bond donors (Lipinski definition) is 0. The molecule has 0 aliphatic rings. The van der Waals surface area contributed by atoms with Gasteiger partial charge in [-0.25, -0.2) is 0 Å². The van der Waals surface area contributed by atoms with Gasteiger partial charge in [-0.15, -0.1) is 0 Å². The third kappa shape index (κ3) is 4.54. The zero-order valence-corrected chi connectivity index (χ0v) is 15.2. The van der Waals surface area contributed by atoms with Crippen LogP contribution in [0.1, 0.15) is 16.7 Å². The smallest absolute Gasteiger partial charge is 0.0459 e. The van der Waals surface area contributed by atoms with E-state index in [9.17, 15) is 0 Å². The van der Waals surface area contributed by atoms with Crippen molar-refractivity contribution in [3.05, 3.63) is 110 Å². The molecule has 3 heteroatoms. The van der Waals surface area contributed by atoms with Gasteiger partial charge in [0.25, 0.3) is 0 Å². The molecule has 0 spiro atoms. The summed E-state index contributed by atoms with van der Waals surface area (Å²) in [7, 11) is 0. The van der Waals surface area contributed by atoms with Gasteiger partial charge in [0, 0.05) is 21.0 Å².